The van der Waals surface area contributed by atoms with E-state index in [1.54, 1.807) is 4.57 Å². The lowest BCUT2D eigenvalue weighted by molar-refractivity contribution is -0.254. The van der Waals surface area contributed by atoms with Gasteiger partial charge in [-0.1, -0.05) is 48.5 Å². The SMILES string of the molecule is CCCOc1nc2c(C)[s+](C)c(C(=O)[O-])c2n1-c1ccc(-c2ccccc2-c2noc(=O)[nH]2)cc1. The van der Waals surface area contributed by atoms with E-state index in [2.05, 4.69) is 19.6 Å². The summed E-state index contributed by atoms with van der Waals surface area (Å²) in [5.41, 5.74) is 4.30. The van der Waals surface area contributed by atoms with Crippen molar-refractivity contribution in [3.05, 3.63) is 68.8 Å². The number of rotatable bonds is 7. The van der Waals surface area contributed by atoms with Gasteiger partial charge in [0.05, 0.1) is 12.3 Å². The molecule has 0 aliphatic carbocycles. The summed E-state index contributed by atoms with van der Waals surface area (Å²) in [6.45, 7) is 4.34. The largest absolute Gasteiger partial charge is 0.540 e. The summed E-state index contributed by atoms with van der Waals surface area (Å²) < 4.78 is 12.3. The monoisotopic (exact) mass is 490 g/mol. The van der Waals surface area contributed by atoms with E-state index in [-0.39, 0.29) is 4.88 Å². The van der Waals surface area contributed by atoms with Crippen LogP contribution in [0.2, 0.25) is 0 Å². The highest BCUT2D eigenvalue weighted by Crippen LogP contribution is 2.41. The number of imidazole rings is 1. The molecule has 0 bridgehead atoms. The number of carboxylic acids is 1. The van der Waals surface area contributed by atoms with Crippen molar-refractivity contribution in [3.63, 3.8) is 0 Å². The van der Waals surface area contributed by atoms with E-state index in [1.807, 2.05) is 68.6 Å². The first-order chi connectivity index (χ1) is 16.9. The van der Waals surface area contributed by atoms with Crippen LogP contribution >= 0.6 is 10.5 Å². The fourth-order valence-electron chi connectivity index (χ4n) is 4.13. The molecule has 35 heavy (non-hydrogen) atoms. The van der Waals surface area contributed by atoms with Gasteiger partial charge in [-0.15, -0.1) is 0 Å². The smallest absolute Gasteiger partial charge is 0.439 e. The number of carbonyl (C=O) groups is 1. The van der Waals surface area contributed by atoms with Crippen molar-refractivity contribution in [2.24, 2.45) is 6.26 Å². The van der Waals surface area contributed by atoms with Crippen molar-refractivity contribution in [1.82, 2.24) is 19.7 Å². The standard InChI is InChI=1S/C25H22N4O5S/c1-4-13-33-24-26-19-14(2)35(3)21(23(30)31)20(19)29(24)16-11-9-15(10-12-16)17-7-5-6-8-18(17)22-27-25(32)34-28-22/h5-12H,4,13H2,1-3H3,(H-,27,28,30,31,32). The third-order valence-electron chi connectivity index (χ3n) is 5.84. The maximum absolute atomic E-state index is 12.1. The zero-order valence-electron chi connectivity index (χ0n) is 19.3. The molecule has 2 aromatic carbocycles. The molecule has 1 N–H and O–H groups in total. The van der Waals surface area contributed by atoms with Crippen LogP contribution in [0.3, 0.4) is 0 Å². The molecule has 0 saturated heterocycles. The van der Waals surface area contributed by atoms with E-state index in [9.17, 15) is 14.7 Å². The Morgan fingerprint density at radius 2 is 1.89 bits per heavy atom. The van der Waals surface area contributed by atoms with Crippen LogP contribution < -0.4 is 15.6 Å². The Kier molecular flexibility index (Phi) is 5.73. The van der Waals surface area contributed by atoms with Crippen LogP contribution in [0.1, 0.15) is 27.9 Å². The molecular weight excluding hydrogens is 468 g/mol. The van der Waals surface area contributed by atoms with Gasteiger partial charge in [0.25, 0.3) is 0 Å². The van der Waals surface area contributed by atoms with E-state index >= 15 is 0 Å². The second-order valence-electron chi connectivity index (χ2n) is 7.99. The topological polar surface area (TPSA) is 126 Å². The highest BCUT2D eigenvalue weighted by Gasteiger charge is 2.31. The molecule has 1 atom stereocenters. The Hall–Kier alpha value is -4.18. The van der Waals surface area contributed by atoms with Crippen LogP contribution in [0, 0.1) is 6.92 Å². The lowest BCUT2D eigenvalue weighted by atomic mass is 9.99. The van der Waals surface area contributed by atoms with Gasteiger partial charge in [0, 0.05) is 12.5 Å². The number of hydrogen-bond acceptors (Lipinski definition) is 7. The maximum Gasteiger partial charge on any atom is 0.439 e. The predicted octanol–water partition coefficient (Wildman–Crippen LogP) is 3.78. The number of thiophene rings is 1. The minimum Gasteiger partial charge on any atom is -0.540 e. The molecule has 0 aliphatic rings. The van der Waals surface area contributed by atoms with Crippen LogP contribution in [0.5, 0.6) is 6.01 Å². The number of carbonyl (C=O) groups excluding carboxylic acids is 1. The van der Waals surface area contributed by atoms with Crippen molar-refractivity contribution in [2.75, 3.05) is 6.61 Å². The lowest BCUT2D eigenvalue weighted by Gasteiger charge is -2.12. The second-order valence-corrected chi connectivity index (χ2v) is 10.0. The van der Waals surface area contributed by atoms with Crippen LogP contribution in [0.15, 0.2) is 57.8 Å². The number of carboxylic acid groups (broad SMARTS) is 1. The number of nitrogens with one attached hydrogen (secondary N) is 1. The van der Waals surface area contributed by atoms with Gasteiger partial charge in [-0.05, 0) is 40.2 Å². The average Bonchev–Trinajstić information content (AvgIpc) is 3.52. The van der Waals surface area contributed by atoms with Crippen molar-refractivity contribution in [3.8, 4) is 34.2 Å². The zero-order chi connectivity index (χ0) is 24.7. The van der Waals surface area contributed by atoms with E-state index in [1.165, 1.54) is 0 Å². The Bertz CT molecular complexity index is 1610. The minimum absolute atomic E-state index is 0.223. The average molecular weight is 491 g/mol. The third kappa shape index (κ3) is 3.81. The molecule has 0 fully saturated rings. The summed E-state index contributed by atoms with van der Waals surface area (Å²) >= 11 is 0. The molecule has 0 saturated carbocycles. The fraction of sp³-hybridized carbons (Fsp3) is 0.200. The van der Waals surface area contributed by atoms with E-state index < -0.39 is 22.2 Å². The molecule has 0 spiro atoms. The van der Waals surface area contributed by atoms with Crippen molar-refractivity contribution in [2.45, 2.75) is 20.3 Å². The fourth-order valence-corrected chi connectivity index (χ4v) is 5.59. The Morgan fingerprint density at radius 3 is 2.51 bits per heavy atom. The second kappa shape index (κ2) is 8.88. The van der Waals surface area contributed by atoms with E-state index in [4.69, 9.17) is 4.74 Å². The van der Waals surface area contributed by atoms with Crippen LogP contribution in [-0.4, -0.2) is 32.3 Å². The number of hydrogen-bond donors (Lipinski definition) is 1. The van der Waals surface area contributed by atoms with Crippen LogP contribution in [0.25, 0.3) is 39.2 Å². The summed E-state index contributed by atoms with van der Waals surface area (Å²) in [4.78, 5) is 31.9. The molecule has 10 heteroatoms. The van der Waals surface area contributed by atoms with Gasteiger partial charge < -0.3 is 14.6 Å². The van der Waals surface area contributed by atoms with Crippen molar-refractivity contribution in [1.29, 1.82) is 0 Å². The molecule has 0 amide bonds. The first-order valence-corrected chi connectivity index (χ1v) is 12.6. The Balaban J connectivity index is 1.66. The van der Waals surface area contributed by atoms with Gasteiger partial charge in [0.2, 0.25) is 4.88 Å². The third-order valence-corrected chi connectivity index (χ3v) is 7.92. The molecule has 0 radical (unpaired) electrons. The number of aromatic carboxylic acids is 1. The number of aromatic nitrogens is 4. The first kappa shape index (κ1) is 22.6. The minimum atomic E-state index is -1.20. The molecule has 0 aliphatic heterocycles. The summed E-state index contributed by atoms with van der Waals surface area (Å²) in [5.74, 6) is -1.49. The van der Waals surface area contributed by atoms with Gasteiger partial charge in [-0.3, -0.25) is 14.1 Å². The van der Waals surface area contributed by atoms with Gasteiger partial charge in [0.1, 0.15) is 17.7 Å². The number of aryl methyl sites for hydroxylation is 1. The molecule has 1 unspecified atom stereocenters. The molecular formula is C25H22N4O5S. The molecule has 3 aromatic heterocycles. The molecule has 178 valence electrons. The molecule has 9 nitrogen and oxygen atoms in total. The Labute approximate surface area is 202 Å². The van der Waals surface area contributed by atoms with E-state index in [0.29, 0.717) is 35.2 Å². The summed E-state index contributed by atoms with van der Waals surface area (Å²) in [5, 5.41) is 15.9. The van der Waals surface area contributed by atoms with Crippen molar-refractivity contribution >= 4 is 27.5 Å². The number of nitrogens with zero attached hydrogens (tertiary/aromatic N) is 3. The van der Waals surface area contributed by atoms with Gasteiger partial charge in [-0.25, -0.2) is 4.79 Å². The predicted molar refractivity (Wildman–Crippen MR) is 131 cm³/mol. The number of benzene rings is 2. The summed E-state index contributed by atoms with van der Waals surface area (Å²) in [6.07, 6.45) is 2.66. The van der Waals surface area contributed by atoms with Gasteiger partial charge >= 0.3 is 11.8 Å². The molecule has 3 heterocycles. The normalized spacial score (nSPS) is 11.8. The molecule has 5 aromatic rings. The Morgan fingerprint density at radius 1 is 1.17 bits per heavy atom. The number of ether oxygens (including phenoxy) is 1. The highest BCUT2D eigenvalue weighted by molar-refractivity contribution is 7.32. The summed E-state index contributed by atoms with van der Waals surface area (Å²) in [7, 11) is -0.618. The zero-order valence-corrected chi connectivity index (χ0v) is 20.1. The number of H-pyrrole nitrogens is 1. The van der Waals surface area contributed by atoms with Crippen molar-refractivity contribution < 1.29 is 19.2 Å². The summed E-state index contributed by atoms with van der Waals surface area (Å²) in [6, 6.07) is 15.5. The van der Waals surface area contributed by atoms with Crippen LogP contribution in [-0.2, 0) is 6.26 Å². The van der Waals surface area contributed by atoms with Gasteiger partial charge in [-0.2, -0.15) is 4.98 Å². The lowest BCUT2D eigenvalue weighted by Crippen LogP contribution is -2.22. The first-order valence-electron chi connectivity index (χ1n) is 11.0. The quantitative estimate of drug-likeness (QED) is 0.344. The highest BCUT2D eigenvalue weighted by atomic mass is 32.2. The van der Waals surface area contributed by atoms with Gasteiger partial charge in [0.15, 0.2) is 16.2 Å². The van der Waals surface area contributed by atoms with Crippen LogP contribution in [0.4, 0.5) is 0 Å². The van der Waals surface area contributed by atoms with E-state index in [0.717, 1.165) is 28.0 Å². The maximum atomic E-state index is 12.1. The number of aromatic amines is 1. The molecule has 5 rings (SSSR count). The number of fused-ring (bicyclic) bond motifs is 1.